The van der Waals surface area contributed by atoms with Crippen LogP contribution in [-0.2, 0) is 6.54 Å². The third-order valence-electron chi connectivity index (χ3n) is 2.35. The van der Waals surface area contributed by atoms with Gasteiger partial charge in [0.05, 0.1) is 5.69 Å². The van der Waals surface area contributed by atoms with Crippen LogP contribution in [0.15, 0.2) is 36.4 Å². The van der Waals surface area contributed by atoms with E-state index in [1.54, 1.807) is 18.2 Å². The first-order valence-corrected chi connectivity index (χ1v) is 4.92. The molecule has 4 heteroatoms. The lowest BCUT2D eigenvalue weighted by Crippen LogP contribution is -2.04. The number of hydrogen-bond acceptors (Lipinski definition) is 3. The molecule has 0 spiro atoms. The number of benzene rings is 1. The van der Waals surface area contributed by atoms with Crippen LogP contribution in [0, 0.1) is 5.82 Å². The second-order valence-corrected chi connectivity index (χ2v) is 3.46. The van der Waals surface area contributed by atoms with Gasteiger partial charge < -0.3 is 11.5 Å². The van der Waals surface area contributed by atoms with Crippen molar-refractivity contribution in [1.82, 2.24) is 4.98 Å². The molecule has 1 aromatic carbocycles. The van der Waals surface area contributed by atoms with Crippen LogP contribution in [0.3, 0.4) is 0 Å². The number of aromatic nitrogens is 1. The molecule has 1 heterocycles. The van der Waals surface area contributed by atoms with E-state index in [9.17, 15) is 4.39 Å². The van der Waals surface area contributed by atoms with E-state index in [0.29, 0.717) is 23.6 Å². The Morgan fingerprint density at radius 1 is 1.19 bits per heavy atom. The highest BCUT2D eigenvalue weighted by Gasteiger charge is 2.04. The van der Waals surface area contributed by atoms with Crippen LogP contribution in [0.2, 0.25) is 0 Å². The summed E-state index contributed by atoms with van der Waals surface area (Å²) in [5, 5.41) is 0. The minimum atomic E-state index is -0.291. The molecular formula is C12H12FN3. The normalized spacial score (nSPS) is 10.4. The van der Waals surface area contributed by atoms with Crippen LogP contribution in [-0.4, -0.2) is 4.98 Å². The second kappa shape index (κ2) is 4.28. The number of hydrogen-bond donors (Lipinski definition) is 2. The van der Waals surface area contributed by atoms with E-state index in [0.717, 1.165) is 5.56 Å². The fourth-order valence-corrected chi connectivity index (χ4v) is 1.48. The monoisotopic (exact) mass is 217 g/mol. The molecule has 3 nitrogen and oxygen atoms in total. The van der Waals surface area contributed by atoms with Gasteiger partial charge in [0.25, 0.3) is 0 Å². The molecule has 0 amide bonds. The third-order valence-corrected chi connectivity index (χ3v) is 2.35. The van der Waals surface area contributed by atoms with Crippen LogP contribution < -0.4 is 11.5 Å². The van der Waals surface area contributed by atoms with Gasteiger partial charge in [-0.05, 0) is 18.2 Å². The van der Waals surface area contributed by atoms with Crippen molar-refractivity contribution >= 4 is 5.82 Å². The third kappa shape index (κ3) is 2.01. The molecule has 0 saturated carbocycles. The Balaban J connectivity index is 2.45. The summed E-state index contributed by atoms with van der Waals surface area (Å²) in [6.45, 7) is 0.349. The molecule has 0 fully saturated rings. The van der Waals surface area contributed by atoms with E-state index >= 15 is 0 Å². The van der Waals surface area contributed by atoms with Crippen LogP contribution >= 0.6 is 0 Å². The van der Waals surface area contributed by atoms with Crippen molar-refractivity contribution < 1.29 is 4.39 Å². The van der Waals surface area contributed by atoms with Crippen molar-refractivity contribution in [3.8, 4) is 11.3 Å². The molecule has 1 aromatic heterocycles. The van der Waals surface area contributed by atoms with E-state index in [1.165, 1.54) is 12.1 Å². The van der Waals surface area contributed by atoms with Gasteiger partial charge in [-0.15, -0.1) is 0 Å². The Morgan fingerprint density at radius 3 is 2.62 bits per heavy atom. The number of nitrogen functional groups attached to an aromatic ring is 1. The summed E-state index contributed by atoms with van der Waals surface area (Å²) in [6, 6.07) is 9.83. The summed E-state index contributed by atoms with van der Waals surface area (Å²) in [5.74, 6) is 0.102. The highest BCUT2D eigenvalue weighted by molar-refractivity contribution is 5.62. The first kappa shape index (κ1) is 10.6. The zero-order valence-electron chi connectivity index (χ0n) is 8.65. The first-order chi connectivity index (χ1) is 7.70. The molecule has 0 atom stereocenters. The Labute approximate surface area is 92.9 Å². The second-order valence-electron chi connectivity index (χ2n) is 3.46. The molecule has 82 valence electrons. The van der Waals surface area contributed by atoms with E-state index in [2.05, 4.69) is 4.98 Å². The van der Waals surface area contributed by atoms with Crippen LogP contribution in [0.25, 0.3) is 11.3 Å². The average Bonchev–Trinajstić information content (AvgIpc) is 2.29. The Bertz CT molecular complexity index is 511. The number of pyridine rings is 1. The van der Waals surface area contributed by atoms with Crippen molar-refractivity contribution in [2.45, 2.75) is 6.54 Å². The zero-order valence-corrected chi connectivity index (χ0v) is 8.65. The molecule has 0 aliphatic rings. The summed E-state index contributed by atoms with van der Waals surface area (Å²) in [4.78, 5) is 4.19. The van der Waals surface area contributed by atoms with E-state index in [4.69, 9.17) is 11.5 Å². The van der Waals surface area contributed by atoms with Crippen LogP contribution in [0.1, 0.15) is 5.56 Å². The van der Waals surface area contributed by atoms with Crippen molar-refractivity contribution in [3.05, 3.63) is 47.8 Å². The topological polar surface area (TPSA) is 64.9 Å². The molecule has 0 bridgehead atoms. The number of anilines is 1. The maximum atomic E-state index is 13.0. The highest BCUT2D eigenvalue weighted by atomic mass is 19.1. The lowest BCUT2D eigenvalue weighted by molar-refractivity contribution is 0.628. The minimum absolute atomic E-state index is 0.291. The van der Waals surface area contributed by atoms with Gasteiger partial charge in [0.2, 0.25) is 0 Å². The van der Waals surface area contributed by atoms with Gasteiger partial charge >= 0.3 is 0 Å². The molecule has 0 unspecified atom stereocenters. The number of halogens is 1. The van der Waals surface area contributed by atoms with Crippen LogP contribution in [0.5, 0.6) is 0 Å². The predicted molar refractivity (Wildman–Crippen MR) is 61.9 cm³/mol. The Kier molecular flexibility index (Phi) is 2.83. The minimum Gasteiger partial charge on any atom is -0.383 e. The van der Waals surface area contributed by atoms with Crippen molar-refractivity contribution in [2.75, 3.05) is 5.73 Å². The van der Waals surface area contributed by atoms with Gasteiger partial charge in [0.15, 0.2) is 0 Å². The van der Waals surface area contributed by atoms with Crippen molar-refractivity contribution in [1.29, 1.82) is 0 Å². The molecule has 2 aromatic rings. The molecule has 0 aliphatic heterocycles. The van der Waals surface area contributed by atoms with E-state index in [1.807, 2.05) is 6.07 Å². The van der Waals surface area contributed by atoms with Gasteiger partial charge in [0.1, 0.15) is 11.6 Å². The van der Waals surface area contributed by atoms with E-state index in [-0.39, 0.29) is 5.82 Å². The SMILES string of the molecule is NCc1ccc(-c2cccc(F)c2)nc1N. The molecule has 0 aliphatic carbocycles. The Hall–Kier alpha value is -1.94. The summed E-state index contributed by atoms with van der Waals surface area (Å²) in [7, 11) is 0. The molecule has 2 rings (SSSR count). The maximum absolute atomic E-state index is 13.0. The summed E-state index contributed by atoms with van der Waals surface area (Å²) in [6.07, 6.45) is 0. The average molecular weight is 217 g/mol. The standard InChI is InChI=1S/C12H12FN3/c13-10-3-1-2-8(6-10)11-5-4-9(7-14)12(15)16-11/h1-6H,7,14H2,(H2,15,16). The predicted octanol–water partition coefficient (Wildman–Crippen LogP) is 1.93. The summed E-state index contributed by atoms with van der Waals surface area (Å²) < 4.78 is 13.0. The molecular weight excluding hydrogens is 205 g/mol. The lowest BCUT2D eigenvalue weighted by Gasteiger charge is -2.05. The molecule has 0 radical (unpaired) electrons. The Morgan fingerprint density at radius 2 is 2.00 bits per heavy atom. The largest absolute Gasteiger partial charge is 0.383 e. The van der Waals surface area contributed by atoms with Crippen molar-refractivity contribution in [2.24, 2.45) is 5.73 Å². The van der Waals surface area contributed by atoms with Crippen molar-refractivity contribution in [3.63, 3.8) is 0 Å². The zero-order chi connectivity index (χ0) is 11.5. The number of nitrogens with two attached hydrogens (primary N) is 2. The van der Waals surface area contributed by atoms with E-state index < -0.39 is 0 Å². The summed E-state index contributed by atoms with van der Waals surface area (Å²) in [5.41, 5.74) is 13.3. The highest BCUT2D eigenvalue weighted by Crippen LogP contribution is 2.20. The first-order valence-electron chi connectivity index (χ1n) is 4.92. The van der Waals surface area contributed by atoms with Gasteiger partial charge in [-0.3, -0.25) is 0 Å². The molecule has 4 N–H and O–H groups in total. The van der Waals surface area contributed by atoms with Gasteiger partial charge in [-0.2, -0.15) is 0 Å². The molecule has 16 heavy (non-hydrogen) atoms. The smallest absolute Gasteiger partial charge is 0.128 e. The summed E-state index contributed by atoms with van der Waals surface area (Å²) >= 11 is 0. The fourth-order valence-electron chi connectivity index (χ4n) is 1.48. The maximum Gasteiger partial charge on any atom is 0.128 e. The van der Waals surface area contributed by atoms with Gasteiger partial charge in [-0.1, -0.05) is 18.2 Å². The fraction of sp³-hybridized carbons (Fsp3) is 0.0833. The lowest BCUT2D eigenvalue weighted by atomic mass is 10.1. The molecule has 0 saturated heterocycles. The quantitative estimate of drug-likeness (QED) is 0.807. The van der Waals surface area contributed by atoms with Gasteiger partial charge in [-0.25, -0.2) is 9.37 Å². The number of nitrogens with zero attached hydrogens (tertiary/aromatic N) is 1. The van der Waals surface area contributed by atoms with Crippen LogP contribution in [0.4, 0.5) is 10.2 Å². The number of rotatable bonds is 2. The van der Waals surface area contributed by atoms with Gasteiger partial charge in [0, 0.05) is 17.7 Å².